The topological polar surface area (TPSA) is 39.2 Å². The number of carbonyl (C=O) groups is 1. The van der Waals surface area contributed by atoms with Gasteiger partial charge in [-0.05, 0) is 25.2 Å². The Labute approximate surface area is 120 Å². The molecule has 1 aromatic heterocycles. The molecule has 0 N–H and O–H groups in total. The maximum atomic E-state index is 13.0. The van der Waals surface area contributed by atoms with E-state index in [4.69, 9.17) is 4.74 Å². The maximum Gasteiger partial charge on any atom is 0.196 e. The van der Waals surface area contributed by atoms with Crippen molar-refractivity contribution < 1.29 is 9.53 Å². The van der Waals surface area contributed by atoms with Crippen LogP contribution in [0.1, 0.15) is 44.0 Å². The minimum absolute atomic E-state index is 0.0358. The summed E-state index contributed by atoms with van der Waals surface area (Å²) in [6, 6.07) is 7.83. The molecule has 0 saturated heterocycles. The maximum absolute atomic E-state index is 13.0. The van der Waals surface area contributed by atoms with Crippen molar-refractivity contribution in [3.8, 4) is 0 Å². The second-order valence-corrected chi connectivity index (χ2v) is 4.87. The molecular formula is C17H21NO2. The lowest BCUT2D eigenvalue weighted by Crippen LogP contribution is -2.40. The SMILES string of the molecule is CCOC(CC)(CC)C(=O)c1cncc2ccccc12. The molecule has 2 rings (SSSR count). The highest BCUT2D eigenvalue weighted by Gasteiger charge is 2.36. The number of Topliss-reactive ketones (excluding diaryl/α,β-unsaturated/α-hetero) is 1. The van der Waals surface area contributed by atoms with Crippen LogP contribution in [-0.4, -0.2) is 23.0 Å². The van der Waals surface area contributed by atoms with Gasteiger partial charge in [0, 0.05) is 30.0 Å². The standard InChI is InChI=1S/C17H21NO2/c1-4-17(5-2,20-6-3)16(19)15-12-18-11-13-9-7-8-10-14(13)15/h7-12H,4-6H2,1-3H3. The van der Waals surface area contributed by atoms with Crippen molar-refractivity contribution in [2.75, 3.05) is 6.61 Å². The Kier molecular flexibility index (Phi) is 4.50. The fourth-order valence-corrected chi connectivity index (χ4v) is 2.66. The predicted octanol–water partition coefficient (Wildman–Crippen LogP) is 4.01. The lowest BCUT2D eigenvalue weighted by Gasteiger charge is -2.30. The number of rotatable bonds is 6. The molecule has 3 heteroatoms. The quantitative estimate of drug-likeness (QED) is 0.745. The van der Waals surface area contributed by atoms with Crippen molar-refractivity contribution in [2.24, 2.45) is 0 Å². The molecule has 0 saturated carbocycles. The van der Waals surface area contributed by atoms with E-state index in [1.165, 1.54) is 0 Å². The number of aromatic nitrogens is 1. The van der Waals surface area contributed by atoms with Gasteiger partial charge in [0.15, 0.2) is 5.78 Å². The molecule has 0 amide bonds. The largest absolute Gasteiger partial charge is 0.367 e. The third-order valence-electron chi connectivity index (χ3n) is 3.89. The highest BCUT2D eigenvalue weighted by atomic mass is 16.5. The van der Waals surface area contributed by atoms with Crippen LogP contribution in [0.5, 0.6) is 0 Å². The molecule has 3 nitrogen and oxygen atoms in total. The van der Waals surface area contributed by atoms with Crippen LogP contribution in [0.25, 0.3) is 10.8 Å². The predicted molar refractivity (Wildman–Crippen MR) is 81.0 cm³/mol. The number of ether oxygens (including phenoxy) is 1. The molecule has 0 radical (unpaired) electrons. The Morgan fingerprint density at radius 3 is 2.50 bits per heavy atom. The normalized spacial score (nSPS) is 11.8. The fraction of sp³-hybridized carbons (Fsp3) is 0.412. The van der Waals surface area contributed by atoms with Crippen LogP contribution >= 0.6 is 0 Å². The lowest BCUT2D eigenvalue weighted by atomic mass is 9.86. The monoisotopic (exact) mass is 271 g/mol. The highest BCUT2D eigenvalue weighted by molar-refractivity contribution is 6.11. The van der Waals surface area contributed by atoms with E-state index in [0.717, 1.165) is 10.8 Å². The second kappa shape index (κ2) is 6.14. The Balaban J connectivity index is 2.54. The summed E-state index contributed by atoms with van der Waals surface area (Å²) in [5, 5.41) is 1.93. The molecule has 0 unspecified atom stereocenters. The van der Waals surface area contributed by atoms with E-state index in [1.807, 2.05) is 45.0 Å². The van der Waals surface area contributed by atoms with E-state index in [-0.39, 0.29) is 5.78 Å². The van der Waals surface area contributed by atoms with Crippen LogP contribution < -0.4 is 0 Å². The first kappa shape index (κ1) is 14.7. The van der Waals surface area contributed by atoms with E-state index in [9.17, 15) is 4.79 Å². The number of ketones is 1. The van der Waals surface area contributed by atoms with E-state index in [0.29, 0.717) is 25.0 Å². The van der Waals surface area contributed by atoms with Gasteiger partial charge in [-0.1, -0.05) is 38.1 Å². The van der Waals surface area contributed by atoms with Gasteiger partial charge < -0.3 is 4.74 Å². The number of hydrogen-bond acceptors (Lipinski definition) is 3. The van der Waals surface area contributed by atoms with Crippen LogP contribution in [0.3, 0.4) is 0 Å². The van der Waals surface area contributed by atoms with Crippen molar-refractivity contribution in [3.63, 3.8) is 0 Å². The number of nitrogens with zero attached hydrogens (tertiary/aromatic N) is 1. The van der Waals surface area contributed by atoms with Crippen LogP contribution in [0, 0.1) is 0 Å². The summed E-state index contributed by atoms with van der Waals surface area (Å²) < 4.78 is 5.82. The third kappa shape index (κ3) is 2.46. The molecule has 0 atom stereocenters. The van der Waals surface area contributed by atoms with Gasteiger partial charge >= 0.3 is 0 Å². The molecule has 0 bridgehead atoms. The van der Waals surface area contributed by atoms with Gasteiger partial charge in [0.1, 0.15) is 5.60 Å². The summed E-state index contributed by atoms with van der Waals surface area (Å²) in [6.07, 6.45) is 4.77. The molecule has 0 aliphatic carbocycles. The summed E-state index contributed by atoms with van der Waals surface area (Å²) >= 11 is 0. The summed E-state index contributed by atoms with van der Waals surface area (Å²) in [4.78, 5) is 17.2. The lowest BCUT2D eigenvalue weighted by molar-refractivity contribution is -0.0249. The molecule has 1 aromatic carbocycles. The van der Waals surface area contributed by atoms with Gasteiger partial charge in [0.05, 0.1) is 0 Å². The van der Waals surface area contributed by atoms with E-state index < -0.39 is 5.60 Å². The zero-order valence-electron chi connectivity index (χ0n) is 12.3. The van der Waals surface area contributed by atoms with Crippen molar-refractivity contribution in [2.45, 2.75) is 39.2 Å². The number of fused-ring (bicyclic) bond motifs is 1. The minimum atomic E-state index is -0.736. The van der Waals surface area contributed by atoms with Gasteiger partial charge in [-0.2, -0.15) is 0 Å². The zero-order valence-corrected chi connectivity index (χ0v) is 12.3. The van der Waals surface area contributed by atoms with Gasteiger partial charge in [-0.15, -0.1) is 0 Å². The summed E-state index contributed by atoms with van der Waals surface area (Å²) in [5.74, 6) is 0.0358. The highest BCUT2D eigenvalue weighted by Crippen LogP contribution is 2.29. The molecule has 0 aliphatic rings. The van der Waals surface area contributed by atoms with Crippen molar-refractivity contribution >= 4 is 16.6 Å². The Morgan fingerprint density at radius 1 is 1.15 bits per heavy atom. The number of pyridine rings is 1. The molecule has 2 aromatic rings. The molecule has 1 heterocycles. The molecule has 0 aliphatic heterocycles. The van der Waals surface area contributed by atoms with Gasteiger partial charge in [-0.25, -0.2) is 0 Å². The Bertz CT molecular complexity index is 597. The summed E-state index contributed by atoms with van der Waals surface area (Å²) in [6.45, 7) is 6.45. The molecular weight excluding hydrogens is 250 g/mol. The van der Waals surface area contributed by atoms with Crippen LogP contribution in [0.2, 0.25) is 0 Å². The number of hydrogen-bond donors (Lipinski definition) is 0. The van der Waals surface area contributed by atoms with Crippen LogP contribution in [-0.2, 0) is 4.74 Å². The van der Waals surface area contributed by atoms with Gasteiger partial charge in [0.2, 0.25) is 0 Å². The number of benzene rings is 1. The number of carbonyl (C=O) groups excluding carboxylic acids is 1. The second-order valence-electron chi connectivity index (χ2n) is 4.87. The Hall–Kier alpha value is -1.74. The van der Waals surface area contributed by atoms with E-state index in [1.54, 1.807) is 12.4 Å². The molecule has 0 fully saturated rings. The first-order valence-electron chi connectivity index (χ1n) is 7.20. The van der Waals surface area contributed by atoms with Crippen molar-refractivity contribution in [1.82, 2.24) is 4.98 Å². The summed E-state index contributed by atoms with van der Waals surface area (Å²) in [5.41, 5.74) is -0.0826. The first-order chi connectivity index (χ1) is 9.68. The average molecular weight is 271 g/mol. The van der Waals surface area contributed by atoms with Gasteiger partial charge in [0.25, 0.3) is 0 Å². The fourth-order valence-electron chi connectivity index (χ4n) is 2.66. The van der Waals surface area contributed by atoms with Crippen LogP contribution in [0.15, 0.2) is 36.7 Å². The minimum Gasteiger partial charge on any atom is -0.367 e. The zero-order chi connectivity index (χ0) is 14.6. The van der Waals surface area contributed by atoms with Gasteiger partial charge in [-0.3, -0.25) is 9.78 Å². The first-order valence-corrected chi connectivity index (χ1v) is 7.20. The Morgan fingerprint density at radius 2 is 1.85 bits per heavy atom. The molecule has 20 heavy (non-hydrogen) atoms. The van der Waals surface area contributed by atoms with Crippen molar-refractivity contribution in [3.05, 3.63) is 42.2 Å². The molecule has 106 valence electrons. The van der Waals surface area contributed by atoms with E-state index >= 15 is 0 Å². The average Bonchev–Trinajstić information content (AvgIpc) is 2.51. The third-order valence-corrected chi connectivity index (χ3v) is 3.89. The van der Waals surface area contributed by atoms with Crippen LogP contribution in [0.4, 0.5) is 0 Å². The smallest absolute Gasteiger partial charge is 0.196 e. The summed E-state index contributed by atoms with van der Waals surface area (Å²) in [7, 11) is 0. The molecule has 0 spiro atoms. The van der Waals surface area contributed by atoms with E-state index in [2.05, 4.69) is 4.98 Å². The van der Waals surface area contributed by atoms with Crippen molar-refractivity contribution in [1.29, 1.82) is 0 Å².